The molecule has 4 heteroatoms. The van der Waals surface area contributed by atoms with Gasteiger partial charge in [-0.15, -0.1) is 11.8 Å². The first-order valence-electron chi connectivity index (χ1n) is 5.78. The highest BCUT2D eigenvalue weighted by Crippen LogP contribution is 2.22. The molecule has 18 heavy (non-hydrogen) atoms. The highest BCUT2D eigenvalue weighted by atomic mass is 32.2. The fraction of sp³-hybridized carbons (Fsp3) is 0.286. The lowest BCUT2D eigenvalue weighted by atomic mass is 10.1. The number of benzene rings is 1. The van der Waals surface area contributed by atoms with Crippen LogP contribution in [0.5, 0.6) is 0 Å². The molecule has 1 N–H and O–H groups in total. The van der Waals surface area contributed by atoms with Crippen molar-refractivity contribution in [3.05, 3.63) is 41.7 Å². The summed E-state index contributed by atoms with van der Waals surface area (Å²) in [5.74, 6) is 0.699. The zero-order chi connectivity index (χ0) is 13.1. The Kier molecular flexibility index (Phi) is 3.99. The van der Waals surface area contributed by atoms with Crippen LogP contribution in [0, 0.1) is 6.92 Å². The van der Waals surface area contributed by atoms with Crippen molar-refractivity contribution in [1.82, 2.24) is 9.97 Å². The summed E-state index contributed by atoms with van der Waals surface area (Å²) in [5.41, 5.74) is 2.59. The molecule has 94 valence electrons. The Balaban J connectivity index is 2.36. The summed E-state index contributed by atoms with van der Waals surface area (Å²) >= 11 is 1.71. The quantitative estimate of drug-likeness (QED) is 0.861. The van der Waals surface area contributed by atoms with Gasteiger partial charge in [0, 0.05) is 27.9 Å². The van der Waals surface area contributed by atoms with Crippen LogP contribution >= 0.6 is 11.8 Å². The number of rotatable bonds is 3. The molecule has 0 fully saturated rings. The van der Waals surface area contributed by atoms with E-state index in [4.69, 9.17) is 0 Å². The van der Waals surface area contributed by atoms with Gasteiger partial charge in [-0.3, -0.25) is 0 Å². The third kappa shape index (κ3) is 2.71. The first-order chi connectivity index (χ1) is 8.61. The minimum Gasteiger partial charge on any atom is -0.389 e. The van der Waals surface area contributed by atoms with E-state index in [1.165, 1.54) is 4.90 Å². The van der Waals surface area contributed by atoms with Gasteiger partial charge in [-0.1, -0.05) is 12.1 Å². The monoisotopic (exact) mass is 260 g/mol. The number of hydrogen-bond acceptors (Lipinski definition) is 4. The van der Waals surface area contributed by atoms with E-state index >= 15 is 0 Å². The van der Waals surface area contributed by atoms with Crippen LogP contribution in [0.3, 0.4) is 0 Å². The van der Waals surface area contributed by atoms with Gasteiger partial charge in [0.05, 0.1) is 6.10 Å². The van der Waals surface area contributed by atoms with Crippen LogP contribution < -0.4 is 0 Å². The first kappa shape index (κ1) is 13.1. The van der Waals surface area contributed by atoms with Crippen molar-refractivity contribution in [3.63, 3.8) is 0 Å². The average molecular weight is 260 g/mol. The molecule has 1 aromatic carbocycles. The Morgan fingerprint density at radius 2 is 1.89 bits per heavy atom. The maximum atomic E-state index is 9.55. The van der Waals surface area contributed by atoms with E-state index in [2.05, 4.69) is 22.1 Å². The number of aliphatic hydroxyl groups is 1. The van der Waals surface area contributed by atoms with Gasteiger partial charge in [0.1, 0.15) is 0 Å². The van der Waals surface area contributed by atoms with Crippen molar-refractivity contribution in [3.8, 4) is 11.4 Å². The number of hydrogen-bond donors (Lipinski definition) is 1. The molecule has 0 bridgehead atoms. The van der Waals surface area contributed by atoms with Gasteiger partial charge in [0.15, 0.2) is 5.82 Å². The lowest BCUT2D eigenvalue weighted by molar-refractivity contribution is 0.197. The molecule has 0 saturated carbocycles. The van der Waals surface area contributed by atoms with Gasteiger partial charge in [0.2, 0.25) is 0 Å². The minimum absolute atomic E-state index is 0.530. The summed E-state index contributed by atoms with van der Waals surface area (Å²) < 4.78 is 0. The molecule has 3 nitrogen and oxygen atoms in total. The lowest BCUT2D eigenvalue weighted by Gasteiger charge is -2.09. The third-order valence-corrected chi connectivity index (χ3v) is 3.56. The van der Waals surface area contributed by atoms with Crippen LogP contribution in [-0.2, 0) is 0 Å². The van der Waals surface area contributed by atoms with Crippen LogP contribution in [-0.4, -0.2) is 21.3 Å². The van der Waals surface area contributed by atoms with Crippen molar-refractivity contribution in [1.29, 1.82) is 0 Å². The maximum absolute atomic E-state index is 9.55. The summed E-state index contributed by atoms with van der Waals surface area (Å²) in [6, 6.07) is 8.15. The van der Waals surface area contributed by atoms with Crippen LogP contribution in [0.1, 0.15) is 24.3 Å². The second kappa shape index (κ2) is 5.50. The molecular weight excluding hydrogens is 244 g/mol. The SMILES string of the molecule is CSc1ccc(-c2ncc([C@H](C)O)c(C)n2)cc1. The zero-order valence-corrected chi connectivity index (χ0v) is 11.5. The summed E-state index contributed by atoms with van der Waals surface area (Å²) in [7, 11) is 0. The summed E-state index contributed by atoms with van der Waals surface area (Å²) in [6.07, 6.45) is 3.22. The normalized spacial score (nSPS) is 12.4. The van der Waals surface area contributed by atoms with E-state index in [-0.39, 0.29) is 0 Å². The standard InChI is InChI=1S/C14H16N2OS/c1-9-13(10(2)17)8-15-14(16-9)11-4-6-12(18-3)7-5-11/h4-8,10,17H,1-3H3/t10-/m0/s1. The second-order valence-electron chi connectivity index (χ2n) is 4.14. The fourth-order valence-corrected chi connectivity index (χ4v) is 2.17. The number of aromatic nitrogens is 2. The van der Waals surface area contributed by atoms with E-state index < -0.39 is 6.10 Å². The molecule has 0 unspecified atom stereocenters. The van der Waals surface area contributed by atoms with E-state index in [0.717, 1.165) is 16.8 Å². The van der Waals surface area contributed by atoms with Crippen LogP contribution in [0.25, 0.3) is 11.4 Å². The van der Waals surface area contributed by atoms with Gasteiger partial charge in [-0.2, -0.15) is 0 Å². The van der Waals surface area contributed by atoms with Gasteiger partial charge in [-0.05, 0) is 32.2 Å². The van der Waals surface area contributed by atoms with Gasteiger partial charge >= 0.3 is 0 Å². The Labute approximate surface area is 111 Å². The molecule has 0 amide bonds. The van der Waals surface area contributed by atoms with E-state index in [1.807, 2.05) is 25.3 Å². The van der Waals surface area contributed by atoms with Crippen LogP contribution in [0.15, 0.2) is 35.4 Å². The van der Waals surface area contributed by atoms with E-state index in [1.54, 1.807) is 24.9 Å². The van der Waals surface area contributed by atoms with Crippen LogP contribution in [0.2, 0.25) is 0 Å². The largest absolute Gasteiger partial charge is 0.389 e. The molecule has 0 aliphatic heterocycles. The molecule has 0 aliphatic rings. The third-order valence-electron chi connectivity index (χ3n) is 2.82. The second-order valence-corrected chi connectivity index (χ2v) is 5.02. The Bertz CT molecular complexity index is 538. The van der Waals surface area contributed by atoms with Crippen molar-refractivity contribution in [2.24, 2.45) is 0 Å². The average Bonchev–Trinajstić information content (AvgIpc) is 2.38. The lowest BCUT2D eigenvalue weighted by Crippen LogP contribution is -2.01. The highest BCUT2D eigenvalue weighted by Gasteiger charge is 2.09. The summed E-state index contributed by atoms with van der Waals surface area (Å²) in [5, 5.41) is 9.55. The fourth-order valence-electron chi connectivity index (χ4n) is 1.77. The Hall–Kier alpha value is -1.39. The molecule has 2 aromatic rings. The molecule has 0 spiro atoms. The van der Waals surface area contributed by atoms with Crippen molar-refractivity contribution < 1.29 is 5.11 Å². The smallest absolute Gasteiger partial charge is 0.159 e. The van der Waals surface area contributed by atoms with Crippen molar-refractivity contribution in [2.45, 2.75) is 24.8 Å². The van der Waals surface area contributed by atoms with Gasteiger partial charge in [0.25, 0.3) is 0 Å². The molecular formula is C14H16N2OS. The molecule has 1 atom stereocenters. The molecule has 0 saturated heterocycles. The first-order valence-corrected chi connectivity index (χ1v) is 7.00. The number of aliphatic hydroxyl groups excluding tert-OH is 1. The minimum atomic E-state index is -0.530. The summed E-state index contributed by atoms with van der Waals surface area (Å²) in [6.45, 7) is 3.61. The molecule has 2 rings (SSSR count). The van der Waals surface area contributed by atoms with Crippen LogP contribution in [0.4, 0.5) is 0 Å². The summed E-state index contributed by atoms with van der Waals surface area (Å²) in [4.78, 5) is 9.97. The van der Waals surface area contributed by atoms with Gasteiger partial charge in [-0.25, -0.2) is 9.97 Å². The van der Waals surface area contributed by atoms with E-state index in [9.17, 15) is 5.11 Å². The highest BCUT2D eigenvalue weighted by molar-refractivity contribution is 7.98. The molecule has 0 aliphatic carbocycles. The number of nitrogens with zero attached hydrogens (tertiary/aromatic N) is 2. The Morgan fingerprint density at radius 1 is 1.22 bits per heavy atom. The van der Waals surface area contributed by atoms with Crippen molar-refractivity contribution in [2.75, 3.05) is 6.26 Å². The zero-order valence-electron chi connectivity index (χ0n) is 10.7. The molecule has 1 aromatic heterocycles. The number of aryl methyl sites for hydroxylation is 1. The predicted octanol–water partition coefficient (Wildman–Crippen LogP) is 3.23. The topological polar surface area (TPSA) is 46.0 Å². The van der Waals surface area contributed by atoms with Crippen molar-refractivity contribution >= 4 is 11.8 Å². The predicted molar refractivity (Wildman–Crippen MR) is 74.6 cm³/mol. The Morgan fingerprint density at radius 3 is 2.39 bits per heavy atom. The molecule has 0 radical (unpaired) electrons. The number of thioether (sulfide) groups is 1. The molecule has 1 heterocycles. The van der Waals surface area contributed by atoms with Gasteiger partial charge < -0.3 is 5.11 Å². The maximum Gasteiger partial charge on any atom is 0.159 e. The van der Waals surface area contributed by atoms with E-state index in [0.29, 0.717) is 5.82 Å².